The fourth-order valence-electron chi connectivity index (χ4n) is 4.50. The lowest BCUT2D eigenvalue weighted by Gasteiger charge is -2.56. The summed E-state index contributed by atoms with van der Waals surface area (Å²) in [6, 6.07) is 0. The fraction of sp³-hybridized carbons (Fsp3) is 0.941. The van der Waals surface area contributed by atoms with Crippen molar-refractivity contribution in [2.45, 2.75) is 66.7 Å². The summed E-state index contributed by atoms with van der Waals surface area (Å²) in [5.74, 6) is 1.91. The van der Waals surface area contributed by atoms with E-state index in [1.165, 1.54) is 12.8 Å². The molecule has 3 unspecified atom stereocenters. The van der Waals surface area contributed by atoms with Gasteiger partial charge in [0.05, 0.1) is 0 Å². The van der Waals surface area contributed by atoms with Gasteiger partial charge in [-0.2, -0.15) is 0 Å². The van der Waals surface area contributed by atoms with Crippen molar-refractivity contribution >= 4 is 5.78 Å². The van der Waals surface area contributed by atoms with Crippen molar-refractivity contribution in [1.82, 2.24) is 0 Å². The molecule has 3 atom stereocenters. The van der Waals surface area contributed by atoms with Gasteiger partial charge in [-0.3, -0.25) is 4.79 Å². The molecule has 2 aliphatic rings. The van der Waals surface area contributed by atoms with Crippen LogP contribution in [-0.2, 0) is 4.79 Å². The quantitative estimate of drug-likeness (QED) is 0.820. The van der Waals surface area contributed by atoms with E-state index >= 15 is 0 Å². The van der Waals surface area contributed by atoms with E-state index in [-0.39, 0.29) is 5.41 Å². The summed E-state index contributed by atoms with van der Waals surface area (Å²) >= 11 is 0. The van der Waals surface area contributed by atoms with Gasteiger partial charge in [0.15, 0.2) is 0 Å². The lowest BCUT2D eigenvalue weighted by atomic mass is 9.47. The number of carbonyl (C=O) groups is 1. The average molecular weight is 268 g/mol. The van der Waals surface area contributed by atoms with Crippen LogP contribution in [0.5, 0.6) is 0 Å². The predicted octanol–water partition coefficient (Wildman–Crippen LogP) is 4.06. The molecule has 19 heavy (non-hydrogen) atoms. The largest absolute Gasteiger partial charge is 0.400 e. The summed E-state index contributed by atoms with van der Waals surface area (Å²) in [7, 11) is 1.00. The van der Waals surface area contributed by atoms with Gasteiger partial charge in [-0.25, -0.2) is 0 Å². The number of carbonyl (C=O) groups excluding carboxylic acids is 1. The third kappa shape index (κ3) is 2.49. The summed E-state index contributed by atoms with van der Waals surface area (Å²) < 4.78 is 0. The highest BCUT2D eigenvalue weighted by atomic mass is 16.2. The Labute approximate surface area is 119 Å². The molecule has 0 aromatic heterocycles. The smallest absolute Gasteiger partial charge is 0.139 e. The number of fused-ring (bicyclic) bond motifs is 1. The number of aliphatic hydroxyl groups is 1. The highest BCUT2D eigenvalue weighted by Crippen LogP contribution is 2.61. The first kappa shape index (κ1) is 16.7. The summed E-state index contributed by atoms with van der Waals surface area (Å²) in [6.45, 7) is 11.7. The topological polar surface area (TPSA) is 37.3 Å². The van der Waals surface area contributed by atoms with Crippen molar-refractivity contribution in [2.24, 2.45) is 28.6 Å². The van der Waals surface area contributed by atoms with Gasteiger partial charge in [-0.05, 0) is 36.0 Å². The molecule has 112 valence electrons. The molecule has 0 heterocycles. The van der Waals surface area contributed by atoms with Gasteiger partial charge in [-0.15, -0.1) is 0 Å². The molecular formula is C17H32O2. The van der Waals surface area contributed by atoms with Crippen molar-refractivity contribution in [2.75, 3.05) is 7.11 Å². The molecule has 2 fully saturated rings. The molecule has 2 aliphatic carbocycles. The lowest BCUT2D eigenvalue weighted by molar-refractivity contribution is -0.152. The lowest BCUT2D eigenvalue weighted by Crippen LogP contribution is -2.55. The highest BCUT2D eigenvalue weighted by Gasteiger charge is 2.58. The maximum absolute atomic E-state index is 12.7. The van der Waals surface area contributed by atoms with E-state index in [2.05, 4.69) is 34.6 Å². The molecule has 0 bridgehead atoms. The SMILES string of the molecule is CCCC1C(=O)C2CCCC2C(C)(C)C1(C)C.CO. The third-order valence-corrected chi connectivity index (χ3v) is 6.26. The van der Waals surface area contributed by atoms with Crippen LogP contribution in [0.25, 0.3) is 0 Å². The maximum Gasteiger partial charge on any atom is 0.139 e. The van der Waals surface area contributed by atoms with Gasteiger partial charge in [0.2, 0.25) is 0 Å². The van der Waals surface area contributed by atoms with Crippen LogP contribution < -0.4 is 0 Å². The molecule has 0 saturated heterocycles. The van der Waals surface area contributed by atoms with Gasteiger partial charge in [0, 0.05) is 18.9 Å². The van der Waals surface area contributed by atoms with E-state index in [0.29, 0.717) is 29.0 Å². The Morgan fingerprint density at radius 2 is 1.68 bits per heavy atom. The minimum Gasteiger partial charge on any atom is -0.400 e. The average Bonchev–Trinajstić information content (AvgIpc) is 2.86. The Morgan fingerprint density at radius 1 is 1.11 bits per heavy atom. The number of Topliss-reactive ketones (excluding diaryl/α,β-unsaturated/α-hetero) is 1. The second-order valence-corrected chi connectivity index (χ2v) is 7.33. The van der Waals surface area contributed by atoms with Gasteiger partial charge >= 0.3 is 0 Å². The molecule has 2 heteroatoms. The maximum atomic E-state index is 12.7. The second-order valence-electron chi connectivity index (χ2n) is 7.33. The van der Waals surface area contributed by atoms with Crippen LogP contribution in [0.4, 0.5) is 0 Å². The van der Waals surface area contributed by atoms with E-state index in [9.17, 15) is 4.79 Å². The molecule has 1 N–H and O–H groups in total. The summed E-state index contributed by atoms with van der Waals surface area (Å²) in [4.78, 5) is 12.7. The minimum atomic E-state index is 0.158. The zero-order valence-corrected chi connectivity index (χ0v) is 13.6. The molecule has 0 aromatic rings. The van der Waals surface area contributed by atoms with E-state index in [1.54, 1.807) is 0 Å². The number of hydrogen-bond donors (Lipinski definition) is 1. The fourth-order valence-corrected chi connectivity index (χ4v) is 4.50. The van der Waals surface area contributed by atoms with Crippen molar-refractivity contribution in [1.29, 1.82) is 0 Å². The predicted molar refractivity (Wildman–Crippen MR) is 79.9 cm³/mol. The molecule has 2 nitrogen and oxygen atoms in total. The van der Waals surface area contributed by atoms with Crippen LogP contribution in [0, 0.1) is 28.6 Å². The van der Waals surface area contributed by atoms with Crippen LogP contribution in [-0.4, -0.2) is 18.0 Å². The number of hydrogen-bond acceptors (Lipinski definition) is 2. The minimum absolute atomic E-state index is 0.158. The third-order valence-electron chi connectivity index (χ3n) is 6.26. The molecule has 0 spiro atoms. The summed E-state index contributed by atoms with van der Waals surface area (Å²) in [6.07, 6.45) is 5.90. The number of ketones is 1. The Hall–Kier alpha value is -0.370. The van der Waals surface area contributed by atoms with Gasteiger partial charge in [0.25, 0.3) is 0 Å². The Kier molecular flexibility index (Phi) is 5.22. The second kappa shape index (κ2) is 5.95. The van der Waals surface area contributed by atoms with E-state index in [0.717, 1.165) is 26.4 Å². The van der Waals surface area contributed by atoms with Crippen LogP contribution >= 0.6 is 0 Å². The van der Waals surface area contributed by atoms with Crippen molar-refractivity contribution < 1.29 is 9.90 Å². The zero-order valence-electron chi connectivity index (χ0n) is 13.6. The molecule has 2 rings (SSSR count). The first-order valence-electron chi connectivity index (χ1n) is 7.82. The summed E-state index contributed by atoms with van der Waals surface area (Å²) in [5.41, 5.74) is 0.466. The van der Waals surface area contributed by atoms with Crippen LogP contribution in [0.2, 0.25) is 0 Å². The number of aliphatic hydroxyl groups excluding tert-OH is 1. The van der Waals surface area contributed by atoms with Crippen LogP contribution in [0.15, 0.2) is 0 Å². The molecular weight excluding hydrogens is 236 g/mol. The van der Waals surface area contributed by atoms with E-state index in [1.807, 2.05) is 0 Å². The van der Waals surface area contributed by atoms with Crippen molar-refractivity contribution in [3.63, 3.8) is 0 Å². The first-order chi connectivity index (χ1) is 8.84. The zero-order chi connectivity index (χ0) is 14.8. The molecule has 0 aliphatic heterocycles. The standard InChI is InChI=1S/C16H28O.CH4O/c1-6-8-13-14(17)11-9-7-10-12(11)15(2,3)16(13,4)5;1-2/h11-13H,6-10H2,1-5H3;2H,1H3. The highest BCUT2D eigenvalue weighted by molar-refractivity contribution is 5.86. The molecule has 0 amide bonds. The normalized spacial score (nSPS) is 35.3. The molecule has 0 aromatic carbocycles. The Bertz CT molecular complexity index is 317. The van der Waals surface area contributed by atoms with E-state index in [4.69, 9.17) is 5.11 Å². The van der Waals surface area contributed by atoms with Crippen LogP contribution in [0.3, 0.4) is 0 Å². The van der Waals surface area contributed by atoms with E-state index < -0.39 is 0 Å². The number of rotatable bonds is 2. The molecule has 2 saturated carbocycles. The van der Waals surface area contributed by atoms with Crippen molar-refractivity contribution in [3.05, 3.63) is 0 Å². The Balaban J connectivity index is 0.000000861. The summed E-state index contributed by atoms with van der Waals surface area (Å²) in [5, 5.41) is 7.00. The van der Waals surface area contributed by atoms with Gasteiger partial charge < -0.3 is 5.11 Å². The first-order valence-corrected chi connectivity index (χ1v) is 7.82. The monoisotopic (exact) mass is 268 g/mol. The van der Waals surface area contributed by atoms with Crippen molar-refractivity contribution in [3.8, 4) is 0 Å². The van der Waals surface area contributed by atoms with Gasteiger partial charge in [-0.1, -0.05) is 47.5 Å². The molecule has 0 radical (unpaired) electrons. The van der Waals surface area contributed by atoms with Gasteiger partial charge in [0.1, 0.15) is 5.78 Å². The van der Waals surface area contributed by atoms with Crippen LogP contribution in [0.1, 0.15) is 66.7 Å². The Morgan fingerprint density at radius 3 is 2.21 bits per heavy atom.